The van der Waals surface area contributed by atoms with Gasteiger partial charge in [-0.25, -0.2) is 15.0 Å². The molecular formula is C47H63N5. The Morgan fingerprint density at radius 2 is 1.04 bits per heavy atom. The van der Waals surface area contributed by atoms with E-state index in [0.717, 1.165) is 85.0 Å². The Morgan fingerprint density at radius 1 is 0.558 bits per heavy atom. The monoisotopic (exact) mass is 698 g/mol. The van der Waals surface area contributed by atoms with Crippen LogP contribution < -0.4 is 9.91 Å². The average molecular weight is 698 g/mol. The van der Waals surface area contributed by atoms with Crippen LogP contribution in [0.4, 0.5) is 23.0 Å². The first kappa shape index (κ1) is 38.8. The fourth-order valence-corrected chi connectivity index (χ4v) is 6.60. The molecule has 0 amide bonds. The minimum atomic E-state index is 0.629. The van der Waals surface area contributed by atoms with Crippen LogP contribution in [0.15, 0.2) is 109 Å². The van der Waals surface area contributed by atoms with E-state index in [1.54, 1.807) is 0 Å². The van der Waals surface area contributed by atoms with Crippen LogP contribution in [0, 0.1) is 23.7 Å². The topological polar surface area (TPSA) is 35.5 Å². The maximum atomic E-state index is 5.30. The molecule has 0 saturated carbocycles. The van der Waals surface area contributed by atoms with Crippen molar-refractivity contribution in [3.05, 3.63) is 131 Å². The van der Waals surface area contributed by atoms with Gasteiger partial charge in [0.1, 0.15) is 5.82 Å². The summed E-state index contributed by atoms with van der Waals surface area (Å²) in [6.07, 6.45) is 15.2. The third-order valence-corrected chi connectivity index (χ3v) is 9.75. The van der Waals surface area contributed by atoms with Crippen LogP contribution in [0.25, 0.3) is 0 Å². The molecule has 2 aromatic heterocycles. The van der Waals surface area contributed by atoms with Crippen molar-refractivity contribution in [2.75, 3.05) is 16.5 Å². The van der Waals surface area contributed by atoms with Crippen LogP contribution in [-0.4, -0.2) is 21.5 Å². The number of hydrazine groups is 1. The second-order valence-electron chi connectivity index (χ2n) is 16.3. The summed E-state index contributed by atoms with van der Waals surface area (Å²) in [6.45, 7) is 19.0. The van der Waals surface area contributed by atoms with Crippen LogP contribution in [0.2, 0.25) is 0 Å². The van der Waals surface area contributed by atoms with Gasteiger partial charge in [-0.2, -0.15) is 0 Å². The van der Waals surface area contributed by atoms with Gasteiger partial charge in [-0.3, -0.25) is 9.91 Å². The largest absolute Gasteiger partial charge is 0.297 e. The lowest BCUT2D eigenvalue weighted by Crippen LogP contribution is -2.41. The van der Waals surface area contributed by atoms with E-state index in [4.69, 9.17) is 9.97 Å². The number of anilines is 4. The molecule has 52 heavy (non-hydrogen) atoms. The molecule has 0 atom stereocenters. The van der Waals surface area contributed by atoms with Gasteiger partial charge in [-0.1, -0.05) is 91.8 Å². The summed E-state index contributed by atoms with van der Waals surface area (Å²) in [5.74, 6) is 4.47. The number of hydrogen-bond donors (Lipinski definition) is 0. The van der Waals surface area contributed by atoms with Gasteiger partial charge < -0.3 is 0 Å². The second kappa shape index (κ2) is 18.9. The SMILES string of the molecule is CC(C)CCc1cccc(N(C2=CC=CN(N(c3cccc(CCC(C)C)c3)c3cccc(CCC(C)C)n3)C2)c2cccc(CCC(C)C)n2)c1. The Bertz CT molecular complexity index is 1660. The van der Waals surface area contributed by atoms with Crippen molar-refractivity contribution < 1.29 is 0 Å². The van der Waals surface area contributed by atoms with Crippen molar-refractivity contribution in [1.29, 1.82) is 0 Å². The smallest absolute Gasteiger partial charge is 0.152 e. The van der Waals surface area contributed by atoms with E-state index in [0.29, 0.717) is 30.2 Å². The van der Waals surface area contributed by atoms with Crippen LogP contribution in [0.1, 0.15) is 104 Å². The van der Waals surface area contributed by atoms with Gasteiger partial charge in [-0.05, 0) is 147 Å². The van der Waals surface area contributed by atoms with E-state index in [-0.39, 0.29) is 0 Å². The zero-order valence-corrected chi connectivity index (χ0v) is 33.2. The van der Waals surface area contributed by atoms with E-state index < -0.39 is 0 Å². The number of hydrogen-bond acceptors (Lipinski definition) is 5. The van der Waals surface area contributed by atoms with Crippen molar-refractivity contribution in [2.24, 2.45) is 23.7 Å². The number of pyridine rings is 2. The average Bonchev–Trinajstić information content (AvgIpc) is 3.13. The highest BCUT2D eigenvalue weighted by molar-refractivity contribution is 5.68. The standard InChI is InChI=1S/C47H63N5/c1-35(2)23-27-39-14-9-18-43(32-39)51(46-21-11-16-41(48-46)29-25-37(5)6)45-20-13-31-50(34-45)52(44-19-10-15-40(33-44)28-24-36(3)4)47-22-12-17-42(49-47)30-26-38(7)8/h9-22,31-33,35-38H,23-30,34H2,1-8H3. The highest BCUT2D eigenvalue weighted by atomic mass is 15.6. The Kier molecular flexibility index (Phi) is 14.1. The lowest BCUT2D eigenvalue weighted by molar-refractivity contribution is 0.404. The molecule has 3 heterocycles. The molecule has 5 nitrogen and oxygen atoms in total. The van der Waals surface area contributed by atoms with E-state index in [1.807, 2.05) is 0 Å². The molecule has 1 aliphatic heterocycles. The van der Waals surface area contributed by atoms with Gasteiger partial charge >= 0.3 is 0 Å². The molecule has 0 spiro atoms. The third-order valence-electron chi connectivity index (χ3n) is 9.75. The summed E-state index contributed by atoms with van der Waals surface area (Å²) in [6, 6.07) is 31.1. The van der Waals surface area contributed by atoms with Crippen LogP contribution in [-0.2, 0) is 25.7 Å². The normalized spacial score (nSPS) is 13.1. The molecule has 5 rings (SSSR count). The van der Waals surface area contributed by atoms with Crippen molar-refractivity contribution >= 4 is 23.0 Å². The quantitative estimate of drug-likeness (QED) is 0.103. The zero-order chi connectivity index (χ0) is 37.0. The molecule has 276 valence electrons. The maximum absolute atomic E-state index is 5.30. The highest BCUT2D eigenvalue weighted by Crippen LogP contribution is 2.35. The van der Waals surface area contributed by atoms with Gasteiger partial charge in [0.2, 0.25) is 0 Å². The molecule has 0 aliphatic carbocycles. The maximum Gasteiger partial charge on any atom is 0.152 e. The number of allylic oxidation sites excluding steroid dienone is 2. The van der Waals surface area contributed by atoms with Crippen molar-refractivity contribution in [1.82, 2.24) is 15.0 Å². The first-order valence-electron chi connectivity index (χ1n) is 19.9. The van der Waals surface area contributed by atoms with Crippen LogP contribution in [0.5, 0.6) is 0 Å². The number of benzene rings is 2. The minimum Gasteiger partial charge on any atom is -0.297 e. The van der Waals surface area contributed by atoms with Gasteiger partial charge in [0, 0.05) is 29.0 Å². The van der Waals surface area contributed by atoms with Crippen molar-refractivity contribution in [3.63, 3.8) is 0 Å². The molecule has 0 bridgehead atoms. The van der Waals surface area contributed by atoms with Crippen molar-refractivity contribution in [3.8, 4) is 0 Å². The van der Waals surface area contributed by atoms with E-state index in [1.165, 1.54) is 17.5 Å². The summed E-state index contributed by atoms with van der Waals surface area (Å²) >= 11 is 0. The Balaban J connectivity index is 1.55. The molecule has 5 heteroatoms. The molecule has 0 radical (unpaired) electrons. The predicted molar refractivity (Wildman–Crippen MR) is 222 cm³/mol. The molecule has 0 fully saturated rings. The number of aromatic nitrogens is 2. The zero-order valence-electron chi connectivity index (χ0n) is 33.2. The van der Waals surface area contributed by atoms with E-state index in [2.05, 4.69) is 174 Å². The molecule has 2 aromatic carbocycles. The van der Waals surface area contributed by atoms with Crippen LogP contribution in [0.3, 0.4) is 0 Å². The summed E-state index contributed by atoms with van der Waals surface area (Å²) in [7, 11) is 0. The molecular weight excluding hydrogens is 635 g/mol. The van der Waals surface area contributed by atoms with Crippen LogP contribution >= 0.6 is 0 Å². The minimum absolute atomic E-state index is 0.629. The first-order valence-corrected chi connectivity index (χ1v) is 19.9. The predicted octanol–water partition coefficient (Wildman–Crippen LogP) is 12.4. The molecule has 0 N–H and O–H groups in total. The van der Waals surface area contributed by atoms with Crippen molar-refractivity contribution in [2.45, 2.75) is 107 Å². The van der Waals surface area contributed by atoms with Gasteiger partial charge in [0.25, 0.3) is 0 Å². The summed E-state index contributed by atoms with van der Waals surface area (Å²) < 4.78 is 0. The Labute approximate surface area is 315 Å². The number of rotatable bonds is 18. The fraction of sp³-hybridized carbons (Fsp3) is 0.447. The van der Waals surface area contributed by atoms with E-state index >= 15 is 0 Å². The second-order valence-corrected chi connectivity index (χ2v) is 16.3. The summed E-state index contributed by atoms with van der Waals surface area (Å²) in [4.78, 5) is 13.0. The molecule has 4 aromatic rings. The lowest BCUT2D eigenvalue weighted by Gasteiger charge is -2.39. The molecule has 1 aliphatic rings. The molecule has 0 saturated heterocycles. The van der Waals surface area contributed by atoms with Gasteiger partial charge in [0.05, 0.1) is 12.2 Å². The fourth-order valence-electron chi connectivity index (χ4n) is 6.60. The summed E-state index contributed by atoms with van der Waals surface area (Å²) in [5.41, 5.74) is 8.41. The van der Waals surface area contributed by atoms with E-state index in [9.17, 15) is 0 Å². The number of nitrogens with zero attached hydrogens (tertiary/aromatic N) is 5. The first-order chi connectivity index (χ1) is 25.0. The van der Waals surface area contributed by atoms with Gasteiger partial charge in [0.15, 0.2) is 5.82 Å². The van der Waals surface area contributed by atoms with Gasteiger partial charge in [-0.15, -0.1) is 0 Å². The third kappa shape index (κ3) is 11.3. The highest BCUT2D eigenvalue weighted by Gasteiger charge is 2.25. The molecule has 0 unspecified atom stereocenters. The summed E-state index contributed by atoms with van der Waals surface area (Å²) in [5, 5.41) is 4.63. The Hall–Kier alpha value is -4.38. The number of aryl methyl sites for hydroxylation is 4. The Morgan fingerprint density at radius 3 is 1.62 bits per heavy atom. The lowest BCUT2D eigenvalue weighted by atomic mass is 10.0.